The second-order valence-electron chi connectivity index (χ2n) is 7.44. The lowest BCUT2D eigenvalue weighted by Gasteiger charge is -2.33. The Balaban J connectivity index is 1.72. The average Bonchev–Trinajstić information content (AvgIpc) is 3.09. The first-order chi connectivity index (χ1) is 10.8. The number of amides is 1. The quantitative estimate of drug-likeness (QED) is 0.944. The van der Waals surface area contributed by atoms with E-state index in [1.807, 2.05) is 13.2 Å². The Labute approximate surface area is 136 Å². The van der Waals surface area contributed by atoms with Crippen LogP contribution in [0.15, 0.2) is 16.9 Å². The second-order valence-corrected chi connectivity index (χ2v) is 7.44. The predicted molar refractivity (Wildman–Crippen MR) is 85.9 cm³/mol. The molecular formula is C17H24N4O2. The van der Waals surface area contributed by atoms with Gasteiger partial charge >= 0.3 is 0 Å². The highest BCUT2D eigenvalue weighted by atomic mass is 16.5. The van der Waals surface area contributed by atoms with Crippen molar-refractivity contribution in [2.24, 2.45) is 18.4 Å². The summed E-state index contributed by atoms with van der Waals surface area (Å²) in [5.41, 5.74) is 2.61. The highest BCUT2D eigenvalue weighted by Gasteiger charge is 2.34. The molecule has 0 aromatic carbocycles. The summed E-state index contributed by atoms with van der Waals surface area (Å²) >= 11 is 0. The zero-order chi connectivity index (χ0) is 16.6. The summed E-state index contributed by atoms with van der Waals surface area (Å²) in [4.78, 5) is 12.5. The van der Waals surface area contributed by atoms with E-state index in [9.17, 15) is 4.79 Å². The maximum Gasteiger partial charge on any atom is 0.274 e. The number of carbonyl (C=O) groups is 1. The second kappa shape index (κ2) is 5.83. The summed E-state index contributed by atoms with van der Waals surface area (Å²) in [6.45, 7) is 7.19. The molecular weight excluding hydrogens is 292 g/mol. The van der Waals surface area contributed by atoms with E-state index in [0.29, 0.717) is 18.2 Å². The van der Waals surface area contributed by atoms with Crippen molar-refractivity contribution in [1.82, 2.24) is 20.3 Å². The predicted octanol–water partition coefficient (Wildman–Crippen LogP) is 2.49. The van der Waals surface area contributed by atoms with E-state index in [1.165, 1.54) is 0 Å². The van der Waals surface area contributed by atoms with Crippen molar-refractivity contribution >= 4 is 5.91 Å². The van der Waals surface area contributed by atoms with Crippen molar-refractivity contribution < 1.29 is 9.32 Å². The summed E-state index contributed by atoms with van der Waals surface area (Å²) in [5.74, 6) is 1.24. The minimum absolute atomic E-state index is 0.173. The average molecular weight is 316 g/mol. The number of nitrogens with zero attached hydrogens (tertiary/aromatic N) is 3. The number of carbonyl (C=O) groups excluding carboxylic acids is 1. The van der Waals surface area contributed by atoms with Gasteiger partial charge in [0.25, 0.3) is 5.91 Å². The van der Waals surface area contributed by atoms with Gasteiger partial charge in [0.1, 0.15) is 5.76 Å². The van der Waals surface area contributed by atoms with E-state index >= 15 is 0 Å². The molecule has 6 heteroatoms. The Hall–Kier alpha value is -2.11. The molecule has 3 rings (SSSR count). The van der Waals surface area contributed by atoms with Gasteiger partial charge in [-0.3, -0.25) is 9.48 Å². The summed E-state index contributed by atoms with van der Waals surface area (Å²) in [5, 5.41) is 11.0. The molecule has 1 amide bonds. The Kier molecular flexibility index (Phi) is 4.00. The molecule has 0 saturated heterocycles. The van der Waals surface area contributed by atoms with Crippen LogP contribution in [0.3, 0.4) is 0 Å². The Morgan fingerprint density at radius 3 is 2.91 bits per heavy atom. The van der Waals surface area contributed by atoms with Gasteiger partial charge in [0, 0.05) is 37.3 Å². The molecule has 0 radical (unpaired) electrons. The number of hydrogen-bond acceptors (Lipinski definition) is 4. The molecule has 0 spiro atoms. The van der Waals surface area contributed by atoms with Gasteiger partial charge in [-0.25, -0.2) is 0 Å². The van der Waals surface area contributed by atoms with Crippen molar-refractivity contribution in [2.45, 2.75) is 46.6 Å². The van der Waals surface area contributed by atoms with Crippen LogP contribution >= 0.6 is 0 Å². The molecule has 2 heterocycles. The summed E-state index contributed by atoms with van der Waals surface area (Å²) in [6, 6.07) is 0. The van der Waals surface area contributed by atoms with Crippen LogP contribution in [0.5, 0.6) is 0 Å². The molecule has 1 N–H and O–H groups in total. The first kappa shape index (κ1) is 15.8. The number of rotatable bonds is 3. The summed E-state index contributed by atoms with van der Waals surface area (Å²) in [6.07, 6.45) is 6.43. The van der Waals surface area contributed by atoms with Gasteiger partial charge in [0.15, 0.2) is 5.69 Å². The van der Waals surface area contributed by atoms with E-state index < -0.39 is 0 Å². The Morgan fingerprint density at radius 1 is 1.48 bits per heavy atom. The molecule has 6 nitrogen and oxygen atoms in total. The summed E-state index contributed by atoms with van der Waals surface area (Å²) < 4.78 is 7.11. The molecule has 2 aromatic heterocycles. The topological polar surface area (TPSA) is 73.0 Å². The van der Waals surface area contributed by atoms with Crippen LogP contribution in [0, 0.1) is 11.3 Å². The van der Waals surface area contributed by atoms with Crippen molar-refractivity contribution in [3.05, 3.63) is 35.0 Å². The molecule has 2 aromatic rings. The minimum atomic E-state index is -0.173. The molecule has 23 heavy (non-hydrogen) atoms. The number of aromatic nitrogens is 3. The smallest absolute Gasteiger partial charge is 0.274 e. The zero-order valence-electron chi connectivity index (χ0n) is 14.2. The van der Waals surface area contributed by atoms with Crippen LogP contribution in [-0.4, -0.2) is 20.8 Å². The molecule has 0 saturated carbocycles. The van der Waals surface area contributed by atoms with Crippen LogP contribution in [0.2, 0.25) is 0 Å². The fourth-order valence-corrected chi connectivity index (χ4v) is 3.15. The van der Waals surface area contributed by atoms with Crippen LogP contribution in [0.1, 0.15) is 54.6 Å². The van der Waals surface area contributed by atoms with E-state index in [-0.39, 0.29) is 11.3 Å². The first-order valence-electron chi connectivity index (χ1n) is 8.07. The van der Waals surface area contributed by atoms with Gasteiger partial charge in [-0.05, 0) is 24.2 Å². The fourth-order valence-electron chi connectivity index (χ4n) is 3.15. The van der Waals surface area contributed by atoms with Gasteiger partial charge in [-0.1, -0.05) is 25.9 Å². The monoisotopic (exact) mass is 316 g/mol. The SMILES string of the molecule is Cn1cc(CNC(=O)c2noc3c2C[C@@H](C(C)(C)C)CC3)cn1. The molecule has 124 valence electrons. The number of hydrogen-bond donors (Lipinski definition) is 1. The Morgan fingerprint density at radius 2 is 2.26 bits per heavy atom. The fraction of sp³-hybridized carbons (Fsp3) is 0.588. The molecule has 0 fully saturated rings. The highest BCUT2D eigenvalue weighted by Crippen LogP contribution is 2.38. The number of fused-ring (bicyclic) bond motifs is 1. The van der Waals surface area contributed by atoms with E-state index in [1.54, 1.807) is 10.9 Å². The molecule has 0 bridgehead atoms. The van der Waals surface area contributed by atoms with Crippen LogP contribution in [0.25, 0.3) is 0 Å². The van der Waals surface area contributed by atoms with E-state index in [2.05, 4.69) is 36.3 Å². The molecule has 1 atom stereocenters. The minimum Gasteiger partial charge on any atom is -0.360 e. The standard InChI is InChI=1S/C17H24N4O2/c1-17(2,3)12-5-6-14-13(7-12)15(20-23-14)16(22)18-8-11-9-19-21(4)10-11/h9-10,12H,5-8H2,1-4H3,(H,18,22)/t12-/m0/s1. The number of nitrogens with one attached hydrogen (secondary N) is 1. The summed E-state index contributed by atoms with van der Waals surface area (Å²) in [7, 11) is 1.85. The van der Waals surface area contributed by atoms with Crippen molar-refractivity contribution in [3.8, 4) is 0 Å². The van der Waals surface area contributed by atoms with Gasteiger partial charge in [0.05, 0.1) is 6.20 Å². The molecule has 1 aliphatic rings. The Bertz CT molecular complexity index is 708. The van der Waals surface area contributed by atoms with E-state index in [4.69, 9.17) is 4.52 Å². The van der Waals surface area contributed by atoms with Gasteiger partial charge in [-0.2, -0.15) is 5.10 Å². The molecule has 1 aliphatic carbocycles. The lowest BCUT2D eigenvalue weighted by Crippen LogP contribution is -2.29. The highest BCUT2D eigenvalue weighted by molar-refractivity contribution is 5.93. The third-order valence-electron chi connectivity index (χ3n) is 4.69. The van der Waals surface area contributed by atoms with E-state index in [0.717, 1.165) is 36.1 Å². The lowest BCUT2D eigenvalue weighted by molar-refractivity contribution is 0.0940. The third kappa shape index (κ3) is 3.30. The first-order valence-corrected chi connectivity index (χ1v) is 8.07. The maximum absolute atomic E-state index is 12.5. The molecule has 0 aliphatic heterocycles. The third-order valence-corrected chi connectivity index (χ3v) is 4.69. The largest absolute Gasteiger partial charge is 0.360 e. The van der Waals surface area contributed by atoms with Crippen LogP contribution in [0.4, 0.5) is 0 Å². The van der Waals surface area contributed by atoms with Crippen LogP contribution < -0.4 is 5.32 Å². The molecule has 0 unspecified atom stereocenters. The van der Waals surface area contributed by atoms with Crippen LogP contribution in [-0.2, 0) is 26.4 Å². The van der Waals surface area contributed by atoms with Gasteiger partial charge < -0.3 is 9.84 Å². The lowest BCUT2D eigenvalue weighted by atomic mass is 9.71. The van der Waals surface area contributed by atoms with Crippen molar-refractivity contribution in [1.29, 1.82) is 0 Å². The van der Waals surface area contributed by atoms with Gasteiger partial charge in [0.2, 0.25) is 0 Å². The van der Waals surface area contributed by atoms with Crippen molar-refractivity contribution in [3.63, 3.8) is 0 Å². The zero-order valence-corrected chi connectivity index (χ0v) is 14.2. The normalized spacial score (nSPS) is 17.8. The van der Waals surface area contributed by atoms with Gasteiger partial charge in [-0.15, -0.1) is 0 Å². The maximum atomic E-state index is 12.5. The number of aryl methyl sites for hydroxylation is 2. The van der Waals surface area contributed by atoms with Crippen molar-refractivity contribution in [2.75, 3.05) is 0 Å².